The van der Waals surface area contributed by atoms with E-state index in [1.165, 1.54) is 12.1 Å². The number of hydrogen-bond acceptors (Lipinski definition) is 8. The Morgan fingerprint density at radius 3 is 2.57 bits per heavy atom. The Morgan fingerprint density at radius 2 is 1.83 bits per heavy atom. The van der Waals surface area contributed by atoms with Crippen molar-refractivity contribution in [1.82, 2.24) is 35.5 Å². The predicted octanol–water partition coefficient (Wildman–Crippen LogP) is 4.34. The number of hydrogen-bond donors (Lipinski definition) is 3. The molecule has 0 saturated heterocycles. The number of aromatic nitrogens is 6. The molecule has 4 aromatic rings. The fourth-order valence-electron chi connectivity index (χ4n) is 4.73. The second kappa shape index (κ2) is 12.2. The van der Waals surface area contributed by atoms with Crippen LogP contribution in [-0.2, 0) is 16.1 Å². The zero-order valence-electron chi connectivity index (χ0n) is 23.4. The van der Waals surface area contributed by atoms with Gasteiger partial charge in [-0.15, -0.1) is 0 Å². The molecule has 42 heavy (non-hydrogen) atoms. The molecule has 1 atom stereocenters. The van der Waals surface area contributed by atoms with Crippen molar-refractivity contribution in [1.29, 1.82) is 0 Å². The van der Waals surface area contributed by atoms with E-state index in [1.54, 1.807) is 24.5 Å². The van der Waals surface area contributed by atoms with Gasteiger partial charge < -0.3 is 10.1 Å². The standard InChI is InChI=1S/C28H32AsF3N8O2/c1-27(2,3)42-26(41)36-19-9-7-18(8-10-19)35-25-34-15-20-22(39-40-23(20)38-25)21-11-12-33-24(37-21)29-14-16-5-4-6-17(13-16)28(30,31)32/h4-6,11-13,15,18-19,29H,7-10,14H2,1-3H3,(H,36,41)(H2,34,35,38,39,40). The number of carbonyl (C=O) groups excluding carboxylic acids is 1. The second-order valence-electron chi connectivity index (χ2n) is 11.2. The number of nitrogens with one attached hydrogen (secondary N) is 3. The van der Waals surface area contributed by atoms with Crippen molar-refractivity contribution < 1.29 is 22.7 Å². The minimum absolute atomic E-state index is 0.0713. The van der Waals surface area contributed by atoms with E-state index in [2.05, 4.69) is 40.8 Å². The third-order valence-electron chi connectivity index (χ3n) is 6.70. The van der Waals surface area contributed by atoms with E-state index in [1.807, 2.05) is 20.8 Å². The first kappa shape index (κ1) is 29.8. The average Bonchev–Trinajstić information content (AvgIpc) is 3.35. The van der Waals surface area contributed by atoms with E-state index >= 15 is 0 Å². The van der Waals surface area contributed by atoms with Crippen molar-refractivity contribution in [3.63, 3.8) is 0 Å². The Balaban J connectivity index is 1.19. The van der Waals surface area contributed by atoms with Gasteiger partial charge in [-0.3, -0.25) is 0 Å². The summed E-state index contributed by atoms with van der Waals surface area (Å²) in [5.41, 5.74) is 1.17. The van der Waals surface area contributed by atoms with Crippen LogP contribution in [0.1, 0.15) is 57.6 Å². The van der Waals surface area contributed by atoms with Gasteiger partial charge in [-0.1, -0.05) is 0 Å². The maximum absolute atomic E-state index is 13.0. The summed E-state index contributed by atoms with van der Waals surface area (Å²) in [7, 11) is 0. The van der Waals surface area contributed by atoms with Crippen molar-refractivity contribution in [2.45, 2.75) is 75.5 Å². The summed E-state index contributed by atoms with van der Waals surface area (Å²) in [6.07, 6.45) is 1.91. The molecule has 10 nitrogen and oxygen atoms in total. The van der Waals surface area contributed by atoms with Gasteiger partial charge in [0.05, 0.1) is 0 Å². The molecule has 1 saturated carbocycles. The van der Waals surface area contributed by atoms with Gasteiger partial charge in [-0.2, -0.15) is 0 Å². The fraction of sp³-hybridized carbons (Fsp3) is 0.429. The van der Waals surface area contributed by atoms with Crippen LogP contribution in [0.15, 0.2) is 42.7 Å². The molecule has 222 valence electrons. The van der Waals surface area contributed by atoms with E-state index in [-0.39, 0.29) is 12.1 Å². The van der Waals surface area contributed by atoms with Crippen molar-refractivity contribution in [2.75, 3.05) is 5.32 Å². The normalized spacial score (nSPS) is 18.0. The van der Waals surface area contributed by atoms with Crippen LogP contribution in [-0.4, -0.2) is 69.7 Å². The summed E-state index contributed by atoms with van der Waals surface area (Å²) in [6, 6.07) is 7.36. The number of fused-ring (bicyclic) bond motifs is 1. The number of rotatable bonds is 7. The number of anilines is 1. The van der Waals surface area contributed by atoms with Crippen molar-refractivity contribution in [3.8, 4) is 11.4 Å². The minimum atomic E-state index is -4.37. The molecule has 1 aromatic carbocycles. The number of benzene rings is 1. The van der Waals surface area contributed by atoms with E-state index < -0.39 is 39.2 Å². The van der Waals surface area contributed by atoms with Crippen LogP contribution in [0, 0.1) is 0 Å². The van der Waals surface area contributed by atoms with Gasteiger partial charge in [-0.05, 0) is 20.8 Å². The zero-order chi connectivity index (χ0) is 29.9. The third-order valence-corrected chi connectivity index (χ3v) is 9.10. The molecule has 14 heteroatoms. The van der Waals surface area contributed by atoms with E-state index in [0.717, 1.165) is 31.7 Å². The van der Waals surface area contributed by atoms with E-state index in [0.29, 0.717) is 43.8 Å². The summed E-state index contributed by atoms with van der Waals surface area (Å²) >= 11 is -0.925. The predicted molar refractivity (Wildman–Crippen MR) is 154 cm³/mol. The number of aromatic amines is 1. The second-order valence-corrected chi connectivity index (χ2v) is 13.6. The van der Waals surface area contributed by atoms with Crippen LogP contribution in [0.4, 0.5) is 23.9 Å². The maximum atomic E-state index is 13.0. The Bertz CT molecular complexity index is 1550. The van der Waals surface area contributed by atoms with Crippen LogP contribution in [0.5, 0.6) is 0 Å². The van der Waals surface area contributed by atoms with E-state index in [9.17, 15) is 18.0 Å². The summed E-state index contributed by atoms with van der Waals surface area (Å²) in [4.78, 5) is 30.1. The number of carbonyl (C=O) groups is 1. The summed E-state index contributed by atoms with van der Waals surface area (Å²) in [5.74, 6) is 0.484. The number of nitrogens with zero attached hydrogens (tertiary/aromatic N) is 5. The zero-order valence-corrected chi connectivity index (χ0v) is 25.5. The first-order valence-electron chi connectivity index (χ1n) is 13.6. The number of alkyl halides is 3. The Labute approximate surface area is 247 Å². The first-order valence-corrected chi connectivity index (χ1v) is 16.2. The molecule has 0 bridgehead atoms. The number of halogens is 3. The molecule has 1 amide bonds. The molecular formula is C28H32AsF3N8O2. The molecule has 1 unspecified atom stereocenters. The van der Waals surface area contributed by atoms with Crippen LogP contribution in [0.2, 0.25) is 0 Å². The number of ether oxygens (including phenoxy) is 1. The monoisotopic (exact) mass is 644 g/mol. The van der Waals surface area contributed by atoms with Crippen LogP contribution < -0.4 is 15.2 Å². The Morgan fingerprint density at radius 1 is 1.07 bits per heavy atom. The van der Waals surface area contributed by atoms with Crippen molar-refractivity contribution in [3.05, 3.63) is 53.9 Å². The molecule has 1 aliphatic rings. The van der Waals surface area contributed by atoms with Crippen LogP contribution in [0.25, 0.3) is 22.4 Å². The quantitative estimate of drug-likeness (QED) is 0.254. The van der Waals surface area contributed by atoms with Gasteiger partial charge in [0.15, 0.2) is 0 Å². The number of amides is 1. The molecule has 0 radical (unpaired) electrons. The Hall–Kier alpha value is -3.73. The molecule has 0 aliphatic heterocycles. The molecule has 1 fully saturated rings. The van der Waals surface area contributed by atoms with Crippen molar-refractivity contribution in [2.24, 2.45) is 0 Å². The first-order chi connectivity index (χ1) is 19.9. The number of H-pyrrole nitrogens is 1. The molecule has 0 spiro atoms. The molecule has 5 rings (SSSR count). The van der Waals surface area contributed by atoms with Crippen LogP contribution >= 0.6 is 0 Å². The molecule has 1 aliphatic carbocycles. The van der Waals surface area contributed by atoms with E-state index in [4.69, 9.17) is 4.74 Å². The molecule has 3 aromatic heterocycles. The van der Waals surface area contributed by atoms with Gasteiger partial charge in [0.25, 0.3) is 0 Å². The fourth-order valence-corrected chi connectivity index (χ4v) is 6.72. The summed E-state index contributed by atoms with van der Waals surface area (Å²) in [5, 5.41) is 14.9. The molecule has 3 N–H and O–H groups in total. The van der Waals surface area contributed by atoms with Gasteiger partial charge >= 0.3 is 200 Å². The number of alkyl carbamates (subject to hydrolysis) is 1. The Kier molecular flexibility index (Phi) is 8.67. The van der Waals surface area contributed by atoms with Crippen molar-refractivity contribution >= 4 is 43.4 Å². The van der Waals surface area contributed by atoms with Gasteiger partial charge in [0.2, 0.25) is 0 Å². The van der Waals surface area contributed by atoms with Crippen LogP contribution in [0.3, 0.4) is 0 Å². The van der Waals surface area contributed by atoms with Gasteiger partial charge in [0, 0.05) is 6.04 Å². The molecular weight excluding hydrogens is 612 g/mol. The average molecular weight is 645 g/mol. The molecule has 3 heterocycles. The third kappa shape index (κ3) is 7.76. The SMILES string of the molecule is CC(C)(C)OC(=O)NC1CCC(Nc2ncc3c(-c4ccnc([AsH]Cc5cccc(C(F)(F)F)c5)n4)n[nH]c3n2)CC1. The summed E-state index contributed by atoms with van der Waals surface area (Å²) in [6.45, 7) is 5.52. The summed E-state index contributed by atoms with van der Waals surface area (Å²) < 4.78 is 45.1. The topological polar surface area (TPSA) is 131 Å². The van der Waals surface area contributed by atoms with Gasteiger partial charge in [0.1, 0.15) is 5.60 Å². The van der Waals surface area contributed by atoms with Gasteiger partial charge in [-0.25, -0.2) is 4.79 Å².